The molecule has 0 spiro atoms. The van der Waals surface area contributed by atoms with Crippen molar-refractivity contribution in [1.29, 1.82) is 0 Å². The van der Waals surface area contributed by atoms with Crippen molar-refractivity contribution in [1.82, 2.24) is 0 Å². The summed E-state index contributed by atoms with van der Waals surface area (Å²) in [5.74, 6) is 1.34. The zero-order valence-corrected chi connectivity index (χ0v) is 12.4. The van der Waals surface area contributed by atoms with E-state index in [2.05, 4.69) is 0 Å². The molecule has 4 heteroatoms. The summed E-state index contributed by atoms with van der Waals surface area (Å²) in [6.45, 7) is 3.81. The maximum absolute atomic E-state index is 10.8. The molecule has 0 aliphatic heterocycles. The summed E-state index contributed by atoms with van der Waals surface area (Å²) in [6.07, 6.45) is 0. The molecule has 0 bridgehead atoms. The molecule has 1 aromatic heterocycles. The lowest BCUT2D eigenvalue weighted by molar-refractivity contribution is 0.106. The maximum Gasteiger partial charge on any atom is 0.122 e. The average Bonchev–Trinajstić information content (AvgIpc) is 2.85. The average molecular weight is 278 g/mol. The first kappa shape index (κ1) is 13.9. The molecule has 0 saturated carbocycles. The number of methoxy groups -OCH3 is 2. The molecule has 19 heavy (non-hydrogen) atoms. The summed E-state index contributed by atoms with van der Waals surface area (Å²) in [6, 6.07) is 9.41. The molecule has 0 radical (unpaired) electrons. The van der Waals surface area contributed by atoms with E-state index in [0.717, 1.165) is 10.4 Å². The lowest BCUT2D eigenvalue weighted by Gasteiger charge is -2.23. The third kappa shape index (κ3) is 2.74. The van der Waals surface area contributed by atoms with Gasteiger partial charge in [0.05, 0.1) is 14.2 Å². The van der Waals surface area contributed by atoms with Crippen molar-refractivity contribution in [3.8, 4) is 11.5 Å². The number of benzene rings is 1. The van der Waals surface area contributed by atoms with Crippen molar-refractivity contribution in [3.05, 3.63) is 45.6 Å². The molecule has 2 aromatic rings. The summed E-state index contributed by atoms with van der Waals surface area (Å²) in [5.41, 5.74) is -0.300. The maximum atomic E-state index is 10.8. The highest BCUT2D eigenvalue weighted by Gasteiger charge is 2.28. The van der Waals surface area contributed by atoms with Gasteiger partial charge in [0.1, 0.15) is 17.1 Å². The quantitative estimate of drug-likeness (QED) is 0.932. The van der Waals surface area contributed by atoms with Crippen LogP contribution in [-0.4, -0.2) is 19.3 Å². The van der Waals surface area contributed by atoms with Crippen LogP contribution in [-0.2, 0) is 5.60 Å². The summed E-state index contributed by atoms with van der Waals surface area (Å²) in [4.78, 5) is 2.07. The molecule has 1 unspecified atom stereocenters. The molecule has 1 atom stereocenters. The number of thiophene rings is 1. The molecular weight excluding hydrogens is 260 g/mol. The monoisotopic (exact) mass is 278 g/mol. The summed E-state index contributed by atoms with van der Waals surface area (Å²) >= 11 is 1.58. The lowest BCUT2D eigenvalue weighted by atomic mass is 9.94. The second-order valence-electron chi connectivity index (χ2n) is 4.58. The molecule has 1 aromatic carbocycles. The van der Waals surface area contributed by atoms with E-state index < -0.39 is 5.60 Å². The summed E-state index contributed by atoms with van der Waals surface area (Å²) in [7, 11) is 3.20. The van der Waals surface area contributed by atoms with Crippen LogP contribution in [0, 0.1) is 6.92 Å². The highest BCUT2D eigenvalue weighted by molar-refractivity contribution is 7.12. The van der Waals surface area contributed by atoms with Crippen molar-refractivity contribution < 1.29 is 14.6 Å². The number of hydrogen-bond donors (Lipinski definition) is 1. The first-order valence-corrected chi connectivity index (χ1v) is 6.82. The number of rotatable bonds is 4. The Hall–Kier alpha value is -1.52. The number of aliphatic hydroxyl groups is 1. The van der Waals surface area contributed by atoms with Crippen LogP contribution in [0.1, 0.15) is 22.2 Å². The van der Waals surface area contributed by atoms with Crippen LogP contribution in [0.3, 0.4) is 0 Å². The zero-order chi connectivity index (χ0) is 14.0. The van der Waals surface area contributed by atoms with Crippen LogP contribution < -0.4 is 9.47 Å². The SMILES string of the molecule is COc1cc(OC)cc(C(C)(O)c2ccc(C)s2)c1. The van der Waals surface area contributed by atoms with Crippen molar-refractivity contribution in [2.75, 3.05) is 14.2 Å². The lowest BCUT2D eigenvalue weighted by Crippen LogP contribution is -2.21. The minimum absolute atomic E-state index is 0.669. The van der Waals surface area contributed by atoms with Gasteiger partial charge in [-0.15, -0.1) is 11.3 Å². The van der Waals surface area contributed by atoms with Gasteiger partial charge >= 0.3 is 0 Å². The molecule has 1 heterocycles. The molecule has 2 rings (SSSR count). The molecular formula is C15H18O3S. The van der Waals surface area contributed by atoms with Crippen LogP contribution in [0.15, 0.2) is 30.3 Å². The highest BCUT2D eigenvalue weighted by atomic mass is 32.1. The van der Waals surface area contributed by atoms with Gasteiger partial charge in [0.25, 0.3) is 0 Å². The van der Waals surface area contributed by atoms with Gasteiger partial charge in [0.2, 0.25) is 0 Å². The van der Waals surface area contributed by atoms with E-state index in [-0.39, 0.29) is 0 Å². The van der Waals surface area contributed by atoms with Crippen LogP contribution in [0.2, 0.25) is 0 Å². The molecule has 0 aliphatic carbocycles. The summed E-state index contributed by atoms with van der Waals surface area (Å²) < 4.78 is 10.5. The van der Waals surface area contributed by atoms with E-state index in [9.17, 15) is 5.11 Å². The molecule has 102 valence electrons. The van der Waals surface area contributed by atoms with Gasteiger partial charge in [-0.3, -0.25) is 0 Å². The van der Waals surface area contributed by atoms with Crippen LogP contribution in [0.5, 0.6) is 11.5 Å². The van der Waals surface area contributed by atoms with Gasteiger partial charge in [0, 0.05) is 15.8 Å². The van der Waals surface area contributed by atoms with Crippen molar-refractivity contribution in [3.63, 3.8) is 0 Å². The van der Waals surface area contributed by atoms with E-state index in [0.29, 0.717) is 11.5 Å². The van der Waals surface area contributed by atoms with Gasteiger partial charge in [0.15, 0.2) is 0 Å². The molecule has 3 nitrogen and oxygen atoms in total. The van der Waals surface area contributed by atoms with Gasteiger partial charge in [-0.05, 0) is 43.7 Å². The Morgan fingerprint density at radius 1 is 1.05 bits per heavy atom. The zero-order valence-electron chi connectivity index (χ0n) is 11.6. The van der Waals surface area contributed by atoms with E-state index in [1.54, 1.807) is 38.5 Å². The molecule has 1 N–H and O–H groups in total. The molecule has 0 amide bonds. The van der Waals surface area contributed by atoms with Gasteiger partial charge in [-0.25, -0.2) is 0 Å². The Bertz CT molecular complexity index is 550. The molecule has 0 fully saturated rings. The van der Waals surface area contributed by atoms with Gasteiger partial charge in [-0.2, -0.15) is 0 Å². The Labute approximate surface area is 117 Å². The largest absolute Gasteiger partial charge is 0.497 e. The minimum Gasteiger partial charge on any atom is -0.497 e. The number of ether oxygens (including phenoxy) is 2. The second kappa shape index (κ2) is 5.23. The van der Waals surface area contributed by atoms with Crippen LogP contribution in [0.25, 0.3) is 0 Å². The third-order valence-corrected chi connectivity index (χ3v) is 4.35. The fourth-order valence-electron chi connectivity index (χ4n) is 1.93. The number of aryl methyl sites for hydroxylation is 1. The third-order valence-electron chi connectivity index (χ3n) is 3.13. The Balaban J connectivity index is 2.50. The topological polar surface area (TPSA) is 38.7 Å². The van der Waals surface area contributed by atoms with E-state index in [4.69, 9.17) is 9.47 Å². The minimum atomic E-state index is -1.05. The predicted molar refractivity (Wildman–Crippen MR) is 77.3 cm³/mol. The smallest absolute Gasteiger partial charge is 0.122 e. The van der Waals surface area contributed by atoms with E-state index in [1.165, 1.54) is 4.88 Å². The van der Waals surface area contributed by atoms with Crippen molar-refractivity contribution in [2.45, 2.75) is 19.4 Å². The second-order valence-corrected chi connectivity index (χ2v) is 5.87. The highest BCUT2D eigenvalue weighted by Crippen LogP contribution is 2.37. The predicted octanol–water partition coefficient (Wildman–Crippen LogP) is 3.33. The van der Waals surface area contributed by atoms with E-state index in [1.807, 2.05) is 31.2 Å². The first-order valence-electron chi connectivity index (χ1n) is 6.00. The van der Waals surface area contributed by atoms with Crippen molar-refractivity contribution >= 4 is 11.3 Å². The van der Waals surface area contributed by atoms with Crippen molar-refractivity contribution in [2.24, 2.45) is 0 Å². The molecule has 0 saturated heterocycles. The summed E-state index contributed by atoms with van der Waals surface area (Å²) in [5, 5.41) is 10.8. The Morgan fingerprint density at radius 2 is 1.63 bits per heavy atom. The van der Waals surface area contributed by atoms with E-state index >= 15 is 0 Å². The Morgan fingerprint density at radius 3 is 2.05 bits per heavy atom. The van der Waals surface area contributed by atoms with Crippen LogP contribution >= 0.6 is 11.3 Å². The first-order chi connectivity index (χ1) is 8.97. The van der Waals surface area contributed by atoms with Gasteiger partial charge < -0.3 is 14.6 Å². The molecule has 0 aliphatic rings. The van der Waals surface area contributed by atoms with Gasteiger partial charge in [-0.1, -0.05) is 0 Å². The Kier molecular flexibility index (Phi) is 3.83. The normalized spacial score (nSPS) is 13.9. The number of hydrogen-bond acceptors (Lipinski definition) is 4. The fourth-order valence-corrected chi connectivity index (χ4v) is 2.86. The van der Waals surface area contributed by atoms with Crippen LogP contribution in [0.4, 0.5) is 0 Å². The fraction of sp³-hybridized carbons (Fsp3) is 0.333. The standard InChI is InChI=1S/C15H18O3S/c1-10-5-6-14(19-10)15(2,16)11-7-12(17-3)9-13(8-11)18-4/h5-9,16H,1-4H3.